The largest absolute Gasteiger partial charge is 0.573 e. The number of hydrogen-bond acceptors (Lipinski definition) is 6. The van der Waals surface area contributed by atoms with E-state index in [0.29, 0.717) is 27.8 Å². The minimum Gasteiger partial charge on any atom is -0.406 e. The minimum atomic E-state index is -4.77. The highest BCUT2D eigenvalue weighted by atomic mass is 32.2. The van der Waals surface area contributed by atoms with Crippen molar-refractivity contribution in [2.24, 2.45) is 4.99 Å². The van der Waals surface area contributed by atoms with Crippen molar-refractivity contribution in [2.75, 3.05) is 10.7 Å². The zero-order chi connectivity index (χ0) is 33.0. The number of anilines is 1. The Labute approximate surface area is 267 Å². The molecule has 4 aromatic rings. The lowest BCUT2D eigenvalue weighted by Gasteiger charge is -2.22. The van der Waals surface area contributed by atoms with Gasteiger partial charge in [0.1, 0.15) is 12.1 Å². The highest BCUT2D eigenvalue weighted by Crippen LogP contribution is 2.34. The molecule has 3 aromatic carbocycles. The molecule has 0 bridgehead atoms. The standard InChI is InChI=1S/C33H29F3N6O3S/c1-20(2)27-15-8-21(3)16-28(27)42-29(43)18-46-32(42)39-31(44)38-22(4)9-10-23-6-5-7-24(17-23)30-37-19-41(40-30)25-11-13-26(14-12-25)45-33(34,35)36/h5-8,11-17,19-20,22H,18H2,1-4H3,(H,38,44)/b39-32-. The van der Waals surface area contributed by atoms with Gasteiger partial charge in [-0.05, 0) is 73.4 Å². The van der Waals surface area contributed by atoms with Crippen molar-refractivity contribution in [1.82, 2.24) is 20.1 Å². The number of urea groups is 1. The highest BCUT2D eigenvalue weighted by molar-refractivity contribution is 8.15. The van der Waals surface area contributed by atoms with E-state index in [2.05, 4.69) is 37.0 Å². The molecule has 1 aromatic heterocycles. The molecule has 1 saturated heterocycles. The molecule has 5 rings (SSSR count). The molecule has 236 valence electrons. The molecule has 0 spiro atoms. The van der Waals surface area contributed by atoms with Crippen LogP contribution < -0.4 is 15.0 Å². The molecule has 1 fully saturated rings. The molecule has 46 heavy (non-hydrogen) atoms. The van der Waals surface area contributed by atoms with E-state index < -0.39 is 18.4 Å². The zero-order valence-corrected chi connectivity index (χ0v) is 26.1. The van der Waals surface area contributed by atoms with Crippen LogP contribution in [0.25, 0.3) is 17.1 Å². The van der Waals surface area contributed by atoms with Gasteiger partial charge in [0.2, 0.25) is 5.91 Å². The van der Waals surface area contributed by atoms with E-state index in [0.717, 1.165) is 16.8 Å². The van der Waals surface area contributed by atoms with E-state index in [1.165, 1.54) is 51.9 Å². The number of carbonyl (C=O) groups is 2. The summed E-state index contributed by atoms with van der Waals surface area (Å²) in [6.45, 7) is 7.78. The third-order valence-electron chi connectivity index (χ3n) is 6.73. The number of ether oxygens (including phenoxy) is 1. The number of aromatic nitrogens is 3. The van der Waals surface area contributed by atoms with Gasteiger partial charge < -0.3 is 10.1 Å². The predicted octanol–water partition coefficient (Wildman–Crippen LogP) is 6.85. The van der Waals surface area contributed by atoms with Crippen molar-refractivity contribution >= 4 is 34.6 Å². The van der Waals surface area contributed by atoms with Crippen LogP contribution in [-0.2, 0) is 4.79 Å². The van der Waals surface area contributed by atoms with Crippen molar-refractivity contribution < 1.29 is 27.5 Å². The number of aliphatic imine (C=N–C) groups is 1. The summed E-state index contributed by atoms with van der Waals surface area (Å²) in [5.74, 6) is 6.31. The number of alkyl halides is 3. The first kappa shape index (κ1) is 32.3. The molecule has 0 saturated carbocycles. The number of thioether (sulfide) groups is 1. The van der Waals surface area contributed by atoms with E-state index in [4.69, 9.17) is 0 Å². The molecule has 1 unspecified atom stereocenters. The number of nitrogens with one attached hydrogen (secondary N) is 1. The van der Waals surface area contributed by atoms with Gasteiger partial charge in [-0.1, -0.05) is 61.7 Å². The smallest absolute Gasteiger partial charge is 0.406 e. The highest BCUT2D eigenvalue weighted by Gasteiger charge is 2.33. The molecule has 1 aliphatic heterocycles. The summed E-state index contributed by atoms with van der Waals surface area (Å²) in [5, 5.41) is 7.49. The van der Waals surface area contributed by atoms with Crippen LogP contribution >= 0.6 is 11.8 Å². The second-order valence-electron chi connectivity index (χ2n) is 10.7. The van der Waals surface area contributed by atoms with Crippen molar-refractivity contribution in [2.45, 2.75) is 46.0 Å². The van der Waals surface area contributed by atoms with Gasteiger partial charge in [-0.2, -0.15) is 4.99 Å². The summed E-state index contributed by atoms with van der Waals surface area (Å²) < 4.78 is 42.7. The minimum absolute atomic E-state index is 0.135. The summed E-state index contributed by atoms with van der Waals surface area (Å²) in [6.07, 6.45) is -3.32. The Balaban J connectivity index is 1.25. The summed E-state index contributed by atoms with van der Waals surface area (Å²) >= 11 is 1.22. The van der Waals surface area contributed by atoms with Crippen LogP contribution in [0.4, 0.5) is 23.7 Å². The Morgan fingerprint density at radius 1 is 1.09 bits per heavy atom. The summed E-state index contributed by atoms with van der Waals surface area (Å²) in [5.41, 5.74) is 4.55. The van der Waals surface area contributed by atoms with E-state index in [1.54, 1.807) is 31.2 Å². The number of nitrogens with zero attached hydrogens (tertiary/aromatic N) is 5. The van der Waals surface area contributed by atoms with Crippen molar-refractivity contribution in [3.8, 4) is 34.7 Å². The monoisotopic (exact) mass is 646 g/mol. The lowest BCUT2D eigenvalue weighted by atomic mass is 9.99. The van der Waals surface area contributed by atoms with Gasteiger partial charge in [-0.25, -0.2) is 14.5 Å². The average Bonchev–Trinajstić information content (AvgIpc) is 3.62. The second-order valence-corrected chi connectivity index (χ2v) is 11.6. The average molecular weight is 647 g/mol. The van der Waals surface area contributed by atoms with E-state index in [-0.39, 0.29) is 23.3 Å². The predicted molar refractivity (Wildman–Crippen MR) is 171 cm³/mol. The number of aryl methyl sites for hydroxylation is 1. The third kappa shape index (κ3) is 7.94. The molecule has 2 heterocycles. The zero-order valence-electron chi connectivity index (χ0n) is 25.3. The van der Waals surface area contributed by atoms with Crippen LogP contribution in [0.5, 0.6) is 5.75 Å². The summed E-state index contributed by atoms with van der Waals surface area (Å²) in [4.78, 5) is 35.7. The van der Waals surface area contributed by atoms with Crippen molar-refractivity contribution in [3.05, 3.63) is 89.7 Å². The summed E-state index contributed by atoms with van der Waals surface area (Å²) in [6, 6.07) is 17.2. The van der Waals surface area contributed by atoms with Crippen molar-refractivity contribution in [3.63, 3.8) is 0 Å². The Morgan fingerprint density at radius 3 is 2.57 bits per heavy atom. The first-order valence-electron chi connectivity index (χ1n) is 14.2. The normalized spacial score (nSPS) is 14.7. The third-order valence-corrected chi connectivity index (χ3v) is 7.66. The number of amidine groups is 1. The van der Waals surface area contributed by atoms with E-state index in [1.807, 2.05) is 39.0 Å². The lowest BCUT2D eigenvalue weighted by Crippen LogP contribution is -2.34. The molecular formula is C33H29F3N6O3S. The first-order valence-corrected chi connectivity index (χ1v) is 15.2. The fourth-order valence-electron chi connectivity index (χ4n) is 4.61. The number of rotatable bonds is 6. The number of hydrogen-bond donors (Lipinski definition) is 1. The van der Waals surface area contributed by atoms with Crippen LogP contribution in [0, 0.1) is 18.8 Å². The molecule has 1 N–H and O–H groups in total. The van der Waals surface area contributed by atoms with Crippen molar-refractivity contribution in [1.29, 1.82) is 0 Å². The van der Waals surface area contributed by atoms with Gasteiger partial charge >= 0.3 is 12.4 Å². The fraction of sp³-hybridized carbons (Fsp3) is 0.242. The lowest BCUT2D eigenvalue weighted by molar-refractivity contribution is -0.274. The maximum atomic E-state index is 12.8. The van der Waals surface area contributed by atoms with Crippen LogP contribution in [0.1, 0.15) is 43.4 Å². The quantitative estimate of drug-likeness (QED) is 0.230. The van der Waals surface area contributed by atoms with Gasteiger partial charge in [0.05, 0.1) is 23.2 Å². The summed E-state index contributed by atoms with van der Waals surface area (Å²) in [7, 11) is 0. The van der Waals surface area contributed by atoms with Gasteiger partial charge in [0.15, 0.2) is 11.0 Å². The molecule has 0 radical (unpaired) electrons. The van der Waals surface area contributed by atoms with Crippen LogP contribution in [-0.4, -0.2) is 50.0 Å². The Kier molecular flexibility index (Phi) is 9.48. The first-order chi connectivity index (χ1) is 21.9. The molecule has 3 amide bonds. The van der Waals surface area contributed by atoms with Crippen LogP contribution in [0.2, 0.25) is 0 Å². The van der Waals surface area contributed by atoms with Crippen LogP contribution in [0.3, 0.4) is 0 Å². The molecule has 13 heteroatoms. The maximum absolute atomic E-state index is 12.8. The Bertz CT molecular complexity index is 1860. The molecule has 0 aliphatic carbocycles. The Hall–Kier alpha value is -5.09. The molecule has 9 nitrogen and oxygen atoms in total. The number of amides is 3. The number of carbonyl (C=O) groups excluding carboxylic acids is 2. The van der Waals surface area contributed by atoms with Gasteiger partial charge in [-0.3, -0.25) is 9.69 Å². The van der Waals surface area contributed by atoms with Gasteiger partial charge in [-0.15, -0.1) is 18.3 Å². The topological polar surface area (TPSA) is 102 Å². The fourth-order valence-corrected chi connectivity index (χ4v) is 5.46. The Morgan fingerprint density at radius 2 is 1.85 bits per heavy atom. The maximum Gasteiger partial charge on any atom is 0.573 e. The van der Waals surface area contributed by atoms with E-state index in [9.17, 15) is 22.8 Å². The van der Waals surface area contributed by atoms with Crippen LogP contribution in [0.15, 0.2) is 78.0 Å². The van der Waals surface area contributed by atoms with E-state index >= 15 is 0 Å². The molecule has 1 atom stereocenters. The van der Waals surface area contributed by atoms with Gasteiger partial charge in [0, 0.05) is 11.1 Å². The number of halogens is 3. The molecular weight excluding hydrogens is 617 g/mol. The van der Waals surface area contributed by atoms with Gasteiger partial charge in [0.25, 0.3) is 0 Å². The number of benzene rings is 3. The molecule has 1 aliphatic rings. The second kappa shape index (κ2) is 13.5. The SMILES string of the molecule is Cc1ccc(C(C)C)c(N2C(=O)CS/C2=N\C(=O)NC(C)C#Cc2cccc(-c3ncn(-c4ccc(OC(F)(F)F)cc4)n3)c2)c1.